The van der Waals surface area contributed by atoms with Crippen molar-refractivity contribution in [1.82, 2.24) is 0 Å². The highest BCUT2D eigenvalue weighted by molar-refractivity contribution is 9.10. The first-order valence-electron chi connectivity index (χ1n) is 3.68. The Kier molecular flexibility index (Phi) is 3.25. The van der Waals surface area contributed by atoms with Crippen molar-refractivity contribution < 1.29 is 13.5 Å². The molecule has 0 saturated carbocycles. The average Bonchev–Trinajstić information content (AvgIpc) is 2.08. The highest BCUT2D eigenvalue weighted by Crippen LogP contribution is 2.33. The van der Waals surface area contributed by atoms with Crippen molar-refractivity contribution in [2.24, 2.45) is 0 Å². The molecule has 0 aromatic heterocycles. The van der Waals surface area contributed by atoms with Gasteiger partial charge < -0.3 is 4.74 Å². The van der Waals surface area contributed by atoms with Crippen LogP contribution in [0.5, 0.6) is 5.75 Å². The van der Waals surface area contributed by atoms with Crippen LogP contribution in [0.15, 0.2) is 16.6 Å². The van der Waals surface area contributed by atoms with Crippen molar-refractivity contribution in [3.63, 3.8) is 0 Å². The second kappa shape index (κ2) is 4.05. The van der Waals surface area contributed by atoms with Gasteiger partial charge in [-0.15, -0.1) is 0 Å². The second-order valence-corrected chi connectivity index (χ2v) is 3.50. The first-order valence-corrected chi connectivity index (χ1v) is 4.47. The summed E-state index contributed by atoms with van der Waals surface area (Å²) >= 11 is 3.19. The lowest BCUT2D eigenvalue weighted by Crippen LogP contribution is -1.93. The summed E-state index contributed by atoms with van der Waals surface area (Å²) in [7, 11) is 1.38. The topological polar surface area (TPSA) is 9.23 Å². The third kappa shape index (κ3) is 2.18. The molecule has 0 N–H and O–H groups in total. The summed E-state index contributed by atoms with van der Waals surface area (Å²) in [5, 5.41) is 0. The Bertz CT molecular complexity index is 313. The van der Waals surface area contributed by atoms with Crippen LogP contribution in [0.2, 0.25) is 0 Å². The molecule has 0 heterocycles. The first kappa shape index (κ1) is 10.4. The number of alkyl halides is 2. The summed E-state index contributed by atoms with van der Waals surface area (Å²) in [6, 6.07) is 2.98. The fourth-order valence-electron chi connectivity index (χ4n) is 1.02. The van der Waals surface area contributed by atoms with Gasteiger partial charge in [0, 0.05) is 4.47 Å². The van der Waals surface area contributed by atoms with E-state index >= 15 is 0 Å². The molecule has 1 nitrogen and oxygen atoms in total. The fourth-order valence-corrected chi connectivity index (χ4v) is 1.38. The van der Waals surface area contributed by atoms with E-state index in [1.54, 1.807) is 6.07 Å². The van der Waals surface area contributed by atoms with Crippen LogP contribution in [0.25, 0.3) is 0 Å². The maximum atomic E-state index is 12.4. The minimum absolute atomic E-state index is 0.0834. The first-order chi connectivity index (χ1) is 6.06. The van der Waals surface area contributed by atoms with Crippen molar-refractivity contribution >= 4 is 15.9 Å². The molecule has 13 heavy (non-hydrogen) atoms. The molecule has 0 spiro atoms. The fraction of sp³-hybridized carbons (Fsp3) is 0.333. The lowest BCUT2D eigenvalue weighted by molar-refractivity contribution is 0.147. The molecule has 0 aliphatic carbocycles. The molecule has 0 fully saturated rings. The van der Waals surface area contributed by atoms with Crippen molar-refractivity contribution in [2.45, 2.75) is 13.3 Å². The number of hydrogen-bond donors (Lipinski definition) is 0. The number of hydrogen-bond acceptors (Lipinski definition) is 1. The molecule has 0 bridgehead atoms. The SMILES string of the molecule is COc1cc(C)c(Br)cc1C(F)F. The van der Waals surface area contributed by atoms with Gasteiger partial charge in [0.05, 0.1) is 12.7 Å². The van der Waals surface area contributed by atoms with Gasteiger partial charge in [0.15, 0.2) is 0 Å². The molecular weight excluding hydrogens is 242 g/mol. The number of methoxy groups -OCH3 is 1. The zero-order valence-electron chi connectivity index (χ0n) is 7.27. The van der Waals surface area contributed by atoms with Crippen LogP contribution in [0.3, 0.4) is 0 Å². The number of benzene rings is 1. The Morgan fingerprint density at radius 3 is 2.46 bits per heavy atom. The van der Waals surface area contributed by atoms with Crippen LogP contribution in [-0.2, 0) is 0 Å². The zero-order valence-corrected chi connectivity index (χ0v) is 8.86. The van der Waals surface area contributed by atoms with Gasteiger partial charge in [0.2, 0.25) is 0 Å². The zero-order chi connectivity index (χ0) is 10.0. The number of aryl methyl sites for hydroxylation is 1. The van der Waals surface area contributed by atoms with Gasteiger partial charge >= 0.3 is 0 Å². The molecule has 4 heteroatoms. The number of rotatable bonds is 2. The van der Waals surface area contributed by atoms with Gasteiger partial charge in [-0.2, -0.15) is 0 Å². The maximum Gasteiger partial charge on any atom is 0.267 e. The summed E-state index contributed by atoms with van der Waals surface area (Å²) in [6.07, 6.45) is -2.51. The van der Waals surface area contributed by atoms with E-state index in [-0.39, 0.29) is 11.3 Å². The molecule has 0 aliphatic heterocycles. The van der Waals surface area contributed by atoms with Gasteiger partial charge in [-0.25, -0.2) is 8.78 Å². The van der Waals surface area contributed by atoms with Gasteiger partial charge in [-0.1, -0.05) is 15.9 Å². The monoisotopic (exact) mass is 250 g/mol. The van der Waals surface area contributed by atoms with E-state index in [2.05, 4.69) is 15.9 Å². The molecule has 72 valence electrons. The molecule has 1 aromatic rings. The maximum absolute atomic E-state index is 12.4. The van der Waals surface area contributed by atoms with E-state index in [0.29, 0.717) is 4.47 Å². The highest BCUT2D eigenvalue weighted by Gasteiger charge is 2.15. The quantitative estimate of drug-likeness (QED) is 0.778. The largest absolute Gasteiger partial charge is 0.496 e. The highest BCUT2D eigenvalue weighted by atomic mass is 79.9. The predicted molar refractivity (Wildman–Crippen MR) is 50.4 cm³/mol. The minimum Gasteiger partial charge on any atom is -0.496 e. The van der Waals surface area contributed by atoms with Crippen LogP contribution in [-0.4, -0.2) is 7.11 Å². The van der Waals surface area contributed by atoms with E-state index in [4.69, 9.17) is 4.74 Å². The van der Waals surface area contributed by atoms with Crippen molar-refractivity contribution in [1.29, 1.82) is 0 Å². The normalized spacial score (nSPS) is 10.6. The number of halogens is 3. The molecule has 0 unspecified atom stereocenters. The summed E-state index contributed by atoms with van der Waals surface area (Å²) in [5.74, 6) is 0.232. The molecule has 0 atom stereocenters. The third-order valence-corrected chi connectivity index (χ3v) is 2.60. The molecule has 0 radical (unpaired) electrons. The van der Waals surface area contributed by atoms with E-state index in [0.717, 1.165) is 5.56 Å². The van der Waals surface area contributed by atoms with Crippen LogP contribution < -0.4 is 4.74 Å². The van der Waals surface area contributed by atoms with Crippen LogP contribution in [0.1, 0.15) is 17.6 Å². The van der Waals surface area contributed by atoms with E-state index < -0.39 is 6.43 Å². The third-order valence-electron chi connectivity index (χ3n) is 1.75. The Labute approximate surface area is 83.8 Å². The smallest absolute Gasteiger partial charge is 0.267 e. The van der Waals surface area contributed by atoms with Crippen molar-refractivity contribution in [3.05, 3.63) is 27.7 Å². The van der Waals surface area contributed by atoms with Crippen LogP contribution in [0.4, 0.5) is 8.78 Å². The second-order valence-electron chi connectivity index (χ2n) is 2.64. The van der Waals surface area contributed by atoms with Gasteiger partial charge in [0.1, 0.15) is 5.75 Å². The molecule has 0 saturated heterocycles. The van der Waals surface area contributed by atoms with Gasteiger partial charge in [-0.05, 0) is 24.6 Å². The molecule has 0 amide bonds. The summed E-state index contributed by atoms with van der Waals surface area (Å²) in [4.78, 5) is 0. The Morgan fingerprint density at radius 2 is 2.00 bits per heavy atom. The summed E-state index contributed by atoms with van der Waals surface area (Å²) < 4.78 is 30.4. The Morgan fingerprint density at radius 1 is 1.38 bits per heavy atom. The Hall–Kier alpha value is -0.640. The van der Waals surface area contributed by atoms with Crippen molar-refractivity contribution in [3.8, 4) is 5.75 Å². The van der Waals surface area contributed by atoms with Gasteiger partial charge in [-0.3, -0.25) is 0 Å². The molecule has 1 rings (SSSR count). The lowest BCUT2D eigenvalue weighted by Gasteiger charge is -2.09. The van der Waals surface area contributed by atoms with Crippen molar-refractivity contribution in [2.75, 3.05) is 7.11 Å². The average molecular weight is 251 g/mol. The van der Waals surface area contributed by atoms with Gasteiger partial charge in [0.25, 0.3) is 6.43 Å². The summed E-state index contributed by atoms with van der Waals surface area (Å²) in [5.41, 5.74) is 0.793. The van der Waals surface area contributed by atoms with E-state index in [9.17, 15) is 8.78 Å². The van der Waals surface area contributed by atoms with Crippen LogP contribution in [0, 0.1) is 6.92 Å². The molecule has 0 aliphatic rings. The van der Waals surface area contributed by atoms with E-state index in [1.165, 1.54) is 13.2 Å². The minimum atomic E-state index is -2.51. The number of ether oxygens (including phenoxy) is 1. The van der Waals surface area contributed by atoms with E-state index in [1.807, 2.05) is 6.92 Å². The standard InChI is InChI=1S/C9H9BrF2O/c1-5-3-8(13-2)6(9(11)12)4-7(5)10/h3-4,9H,1-2H3. The Balaban J connectivity index is 3.25. The predicted octanol–water partition coefficient (Wildman–Crippen LogP) is 3.70. The lowest BCUT2D eigenvalue weighted by atomic mass is 10.1. The molecule has 1 aromatic carbocycles. The van der Waals surface area contributed by atoms with Crippen LogP contribution >= 0.6 is 15.9 Å². The summed E-state index contributed by atoms with van der Waals surface area (Å²) in [6.45, 7) is 1.82. The molecular formula is C9H9BrF2O.